The molecule has 0 saturated carbocycles. The van der Waals surface area contributed by atoms with Gasteiger partial charge in [-0.2, -0.15) is 8.42 Å². The number of phenols is 1. The Morgan fingerprint density at radius 3 is 2.39 bits per heavy atom. The Balaban J connectivity index is 1.94. The van der Waals surface area contributed by atoms with Gasteiger partial charge in [0.15, 0.2) is 0 Å². The molecule has 3 N–H and O–H groups in total. The van der Waals surface area contributed by atoms with Crippen LogP contribution in [-0.4, -0.2) is 18.1 Å². The van der Waals surface area contributed by atoms with Crippen molar-refractivity contribution in [1.82, 2.24) is 0 Å². The first-order valence-electron chi connectivity index (χ1n) is 6.95. The summed E-state index contributed by atoms with van der Waals surface area (Å²) in [4.78, 5) is -0.331. The van der Waals surface area contributed by atoms with Crippen molar-refractivity contribution >= 4 is 26.6 Å². The summed E-state index contributed by atoms with van der Waals surface area (Å²) in [5.74, 6) is -0.190. The lowest BCUT2D eigenvalue weighted by Crippen LogP contribution is -2.00. The predicted octanol–water partition coefficient (Wildman–Crippen LogP) is 3.40. The molecule has 118 valence electrons. The van der Waals surface area contributed by atoms with Crippen LogP contribution in [0.2, 0.25) is 0 Å². The third kappa shape index (κ3) is 3.44. The third-order valence-electron chi connectivity index (χ3n) is 3.54. The third-order valence-corrected chi connectivity index (χ3v) is 4.37. The molecule has 3 aromatic rings. The van der Waals surface area contributed by atoms with Crippen LogP contribution in [-0.2, 0) is 16.7 Å². The van der Waals surface area contributed by atoms with E-state index < -0.39 is 10.1 Å². The Bertz CT molecular complexity index is 953. The second-order valence-electron chi connectivity index (χ2n) is 5.19. The molecule has 0 spiro atoms. The average molecular weight is 329 g/mol. The summed E-state index contributed by atoms with van der Waals surface area (Å²) < 4.78 is 31.6. The molecule has 3 aromatic carbocycles. The van der Waals surface area contributed by atoms with E-state index in [1.54, 1.807) is 18.2 Å². The van der Waals surface area contributed by atoms with Gasteiger partial charge in [-0.05, 0) is 35.2 Å². The molecular weight excluding hydrogens is 314 g/mol. The van der Waals surface area contributed by atoms with Crippen molar-refractivity contribution in [3.8, 4) is 5.75 Å². The van der Waals surface area contributed by atoms with Gasteiger partial charge in [0, 0.05) is 23.7 Å². The lowest BCUT2D eigenvalue weighted by Gasteiger charge is -2.09. The van der Waals surface area contributed by atoms with Crippen LogP contribution in [0, 0.1) is 0 Å². The molecule has 23 heavy (non-hydrogen) atoms. The predicted molar refractivity (Wildman–Crippen MR) is 89.2 cm³/mol. The van der Waals surface area contributed by atoms with Crippen molar-refractivity contribution in [3.63, 3.8) is 0 Å². The zero-order valence-electron chi connectivity index (χ0n) is 12.1. The van der Waals surface area contributed by atoms with E-state index in [1.807, 2.05) is 30.3 Å². The zero-order chi connectivity index (χ0) is 16.4. The van der Waals surface area contributed by atoms with Crippen LogP contribution in [0.1, 0.15) is 5.56 Å². The summed E-state index contributed by atoms with van der Waals surface area (Å²) in [5, 5.41) is 14.2. The minimum atomic E-state index is -4.37. The van der Waals surface area contributed by atoms with Crippen LogP contribution in [0.3, 0.4) is 0 Å². The molecule has 0 aliphatic carbocycles. The Kier molecular flexibility index (Phi) is 3.94. The highest BCUT2D eigenvalue weighted by atomic mass is 32.2. The van der Waals surface area contributed by atoms with Gasteiger partial charge in [-0.25, -0.2) is 0 Å². The smallest absolute Gasteiger partial charge is 0.294 e. The van der Waals surface area contributed by atoms with Crippen molar-refractivity contribution in [2.24, 2.45) is 0 Å². The number of benzene rings is 3. The summed E-state index contributed by atoms with van der Waals surface area (Å²) in [6.45, 7) is 0.621. The van der Waals surface area contributed by atoms with Gasteiger partial charge in [-0.3, -0.25) is 4.55 Å². The van der Waals surface area contributed by atoms with Gasteiger partial charge in [-0.1, -0.05) is 30.3 Å². The average Bonchev–Trinajstić information content (AvgIpc) is 2.52. The summed E-state index contributed by atoms with van der Waals surface area (Å²) in [6, 6.07) is 17.4. The summed E-state index contributed by atoms with van der Waals surface area (Å²) in [6.07, 6.45) is 0. The lowest BCUT2D eigenvalue weighted by molar-refractivity contribution is 0.471. The van der Waals surface area contributed by atoms with Gasteiger partial charge in [0.05, 0.1) is 4.90 Å². The Hall–Kier alpha value is -2.57. The fourth-order valence-corrected chi connectivity index (χ4v) is 2.92. The van der Waals surface area contributed by atoms with Crippen LogP contribution in [0.15, 0.2) is 65.6 Å². The van der Waals surface area contributed by atoms with Crippen LogP contribution in [0.5, 0.6) is 5.75 Å². The SMILES string of the molecule is O=S(=O)(O)c1cc(O)c2ccc(NCc3ccccc3)cc2c1. The first-order chi connectivity index (χ1) is 10.9. The normalized spacial score (nSPS) is 11.5. The molecule has 0 aliphatic heterocycles. The summed E-state index contributed by atoms with van der Waals surface area (Å²) >= 11 is 0. The van der Waals surface area contributed by atoms with Crippen LogP contribution in [0.4, 0.5) is 5.69 Å². The second-order valence-corrected chi connectivity index (χ2v) is 6.61. The number of rotatable bonds is 4. The molecule has 0 atom stereocenters. The molecule has 0 unspecified atom stereocenters. The van der Waals surface area contributed by atoms with Crippen molar-refractivity contribution < 1.29 is 18.1 Å². The highest BCUT2D eigenvalue weighted by Gasteiger charge is 2.13. The zero-order valence-corrected chi connectivity index (χ0v) is 12.9. The minimum absolute atomic E-state index is 0.190. The molecule has 0 fully saturated rings. The molecule has 0 aliphatic rings. The van der Waals surface area contributed by atoms with Crippen molar-refractivity contribution in [3.05, 3.63) is 66.2 Å². The number of phenolic OH excluding ortho intramolecular Hbond substituents is 1. The highest BCUT2D eigenvalue weighted by molar-refractivity contribution is 7.85. The monoisotopic (exact) mass is 329 g/mol. The minimum Gasteiger partial charge on any atom is -0.507 e. The van der Waals surface area contributed by atoms with Crippen LogP contribution >= 0.6 is 0 Å². The first-order valence-corrected chi connectivity index (χ1v) is 8.39. The number of hydrogen-bond donors (Lipinski definition) is 3. The van der Waals surface area contributed by atoms with E-state index in [0.717, 1.165) is 17.3 Å². The van der Waals surface area contributed by atoms with E-state index in [0.29, 0.717) is 17.3 Å². The molecule has 3 rings (SSSR count). The first kappa shape index (κ1) is 15.3. The van der Waals surface area contributed by atoms with E-state index in [-0.39, 0.29) is 10.6 Å². The molecule has 0 amide bonds. The molecule has 0 saturated heterocycles. The van der Waals surface area contributed by atoms with E-state index >= 15 is 0 Å². The van der Waals surface area contributed by atoms with Gasteiger partial charge in [0.1, 0.15) is 5.75 Å². The standard InChI is InChI=1S/C17H15NO4S/c19-17-10-15(23(20,21)22)9-13-8-14(6-7-16(13)17)18-11-12-4-2-1-3-5-12/h1-10,18-19H,11H2,(H,20,21,22). The lowest BCUT2D eigenvalue weighted by atomic mass is 10.1. The van der Waals surface area contributed by atoms with Gasteiger partial charge in [0.25, 0.3) is 10.1 Å². The maximum atomic E-state index is 11.3. The van der Waals surface area contributed by atoms with Gasteiger partial charge >= 0.3 is 0 Å². The van der Waals surface area contributed by atoms with Crippen LogP contribution in [0.25, 0.3) is 10.8 Å². The number of nitrogens with one attached hydrogen (secondary N) is 1. The van der Waals surface area contributed by atoms with Crippen molar-refractivity contribution in [1.29, 1.82) is 0 Å². The van der Waals surface area contributed by atoms with Crippen molar-refractivity contribution in [2.75, 3.05) is 5.32 Å². The van der Waals surface area contributed by atoms with Gasteiger partial charge < -0.3 is 10.4 Å². The highest BCUT2D eigenvalue weighted by Crippen LogP contribution is 2.30. The molecule has 6 heteroatoms. The largest absolute Gasteiger partial charge is 0.507 e. The number of fused-ring (bicyclic) bond motifs is 1. The molecule has 0 radical (unpaired) electrons. The van der Waals surface area contributed by atoms with E-state index in [4.69, 9.17) is 4.55 Å². The second kappa shape index (κ2) is 5.91. The van der Waals surface area contributed by atoms with Gasteiger partial charge in [0.2, 0.25) is 0 Å². The van der Waals surface area contributed by atoms with E-state index in [1.165, 1.54) is 6.07 Å². The maximum absolute atomic E-state index is 11.3. The quantitative estimate of drug-likeness (QED) is 0.639. The topological polar surface area (TPSA) is 86.6 Å². The molecule has 5 nitrogen and oxygen atoms in total. The molecule has 0 bridgehead atoms. The van der Waals surface area contributed by atoms with Crippen molar-refractivity contribution in [2.45, 2.75) is 11.4 Å². The number of anilines is 1. The number of aromatic hydroxyl groups is 1. The summed E-state index contributed by atoms with van der Waals surface area (Å²) in [5.41, 5.74) is 1.90. The Morgan fingerprint density at radius 2 is 1.70 bits per heavy atom. The molecule has 0 aromatic heterocycles. The fourth-order valence-electron chi connectivity index (χ4n) is 2.38. The Morgan fingerprint density at radius 1 is 0.957 bits per heavy atom. The molecular formula is C17H15NO4S. The van der Waals surface area contributed by atoms with Crippen LogP contribution < -0.4 is 5.32 Å². The van der Waals surface area contributed by atoms with E-state index in [9.17, 15) is 13.5 Å². The maximum Gasteiger partial charge on any atom is 0.294 e. The van der Waals surface area contributed by atoms with Gasteiger partial charge in [-0.15, -0.1) is 0 Å². The fraction of sp³-hybridized carbons (Fsp3) is 0.0588. The van der Waals surface area contributed by atoms with E-state index in [2.05, 4.69) is 5.32 Å². The Labute approximate surface area is 134 Å². The number of hydrogen-bond acceptors (Lipinski definition) is 4. The molecule has 0 heterocycles. The summed E-state index contributed by atoms with van der Waals surface area (Å²) in [7, 11) is -4.37.